The van der Waals surface area contributed by atoms with E-state index in [9.17, 15) is 5.11 Å². The van der Waals surface area contributed by atoms with Crippen molar-refractivity contribution in [1.82, 2.24) is 9.78 Å². The molecular formula is C13H14ClIN2O2. The number of methoxy groups -OCH3 is 1. The first-order valence-corrected chi connectivity index (χ1v) is 7.23. The summed E-state index contributed by atoms with van der Waals surface area (Å²) in [6, 6.07) is 7.67. The van der Waals surface area contributed by atoms with Gasteiger partial charge in [0.2, 0.25) is 0 Å². The molecule has 2 aromatic rings. The molecule has 1 unspecified atom stereocenters. The van der Waals surface area contributed by atoms with Crippen LogP contribution in [0.25, 0.3) is 0 Å². The van der Waals surface area contributed by atoms with E-state index < -0.39 is 6.10 Å². The second kappa shape index (κ2) is 6.69. The Balaban J connectivity index is 2.29. The average molecular weight is 393 g/mol. The maximum absolute atomic E-state index is 10.4. The third-order valence-electron chi connectivity index (χ3n) is 2.79. The lowest BCUT2D eigenvalue weighted by atomic mass is 10.1. The molecule has 0 radical (unpaired) electrons. The summed E-state index contributed by atoms with van der Waals surface area (Å²) in [4.78, 5) is 0. The number of aliphatic hydroxyl groups excluding tert-OH is 1. The molecule has 4 nitrogen and oxygen atoms in total. The van der Waals surface area contributed by atoms with Gasteiger partial charge in [0.05, 0.1) is 30.1 Å². The highest BCUT2D eigenvalue weighted by molar-refractivity contribution is 14.1. The van der Waals surface area contributed by atoms with Crippen LogP contribution in [-0.4, -0.2) is 28.6 Å². The zero-order valence-corrected chi connectivity index (χ0v) is 13.3. The van der Waals surface area contributed by atoms with Crippen LogP contribution in [0.2, 0.25) is 5.02 Å². The van der Waals surface area contributed by atoms with Gasteiger partial charge in [0.15, 0.2) is 0 Å². The second-order valence-corrected chi connectivity index (χ2v) is 5.70. The fourth-order valence-corrected chi connectivity index (χ4v) is 2.41. The number of hydrogen-bond acceptors (Lipinski definition) is 3. The highest BCUT2D eigenvalue weighted by atomic mass is 127. The quantitative estimate of drug-likeness (QED) is 0.796. The van der Waals surface area contributed by atoms with Gasteiger partial charge in [0.25, 0.3) is 0 Å². The summed E-state index contributed by atoms with van der Waals surface area (Å²) in [6.45, 7) is 1.07. The Labute approximate surface area is 130 Å². The minimum absolute atomic E-state index is 0.460. The van der Waals surface area contributed by atoms with Gasteiger partial charge in [-0.25, -0.2) is 0 Å². The van der Waals surface area contributed by atoms with Crippen LogP contribution in [0.4, 0.5) is 0 Å². The highest BCUT2D eigenvalue weighted by Crippen LogP contribution is 2.28. The number of nitrogens with zero attached hydrogens (tertiary/aromatic N) is 2. The van der Waals surface area contributed by atoms with Crippen LogP contribution in [0.1, 0.15) is 17.4 Å². The molecule has 1 heterocycles. The van der Waals surface area contributed by atoms with E-state index in [2.05, 4.69) is 27.7 Å². The summed E-state index contributed by atoms with van der Waals surface area (Å²) in [5.74, 6) is 0. The van der Waals surface area contributed by atoms with Crippen molar-refractivity contribution >= 4 is 34.2 Å². The zero-order valence-electron chi connectivity index (χ0n) is 10.4. The van der Waals surface area contributed by atoms with Crippen LogP contribution in [-0.2, 0) is 11.3 Å². The third-order valence-corrected chi connectivity index (χ3v) is 3.80. The van der Waals surface area contributed by atoms with Crippen molar-refractivity contribution in [3.8, 4) is 0 Å². The Hall–Kier alpha value is -0.630. The van der Waals surface area contributed by atoms with Crippen molar-refractivity contribution in [2.75, 3.05) is 13.7 Å². The topological polar surface area (TPSA) is 47.3 Å². The van der Waals surface area contributed by atoms with E-state index in [-0.39, 0.29) is 0 Å². The van der Waals surface area contributed by atoms with Gasteiger partial charge in [-0.15, -0.1) is 0 Å². The molecular weight excluding hydrogens is 379 g/mol. The van der Waals surface area contributed by atoms with E-state index in [4.69, 9.17) is 16.3 Å². The predicted molar refractivity (Wildman–Crippen MR) is 82.3 cm³/mol. The average Bonchev–Trinajstić information content (AvgIpc) is 2.77. The van der Waals surface area contributed by atoms with E-state index >= 15 is 0 Å². The van der Waals surface area contributed by atoms with Crippen molar-refractivity contribution in [3.63, 3.8) is 0 Å². The van der Waals surface area contributed by atoms with E-state index in [0.29, 0.717) is 23.9 Å². The number of hydrogen-bond donors (Lipinski definition) is 1. The number of aromatic nitrogens is 2. The minimum atomic E-state index is -0.788. The molecule has 1 aromatic heterocycles. The lowest BCUT2D eigenvalue weighted by Gasteiger charge is -2.14. The first-order chi connectivity index (χ1) is 9.13. The largest absolute Gasteiger partial charge is 0.383 e. The van der Waals surface area contributed by atoms with Crippen molar-refractivity contribution in [1.29, 1.82) is 0 Å². The molecule has 0 saturated heterocycles. The van der Waals surface area contributed by atoms with Gasteiger partial charge >= 0.3 is 0 Å². The maximum Gasteiger partial charge on any atom is 0.122 e. The molecule has 0 aliphatic rings. The third kappa shape index (κ3) is 3.47. The molecule has 102 valence electrons. The van der Waals surface area contributed by atoms with Gasteiger partial charge in [-0.1, -0.05) is 23.7 Å². The van der Waals surface area contributed by atoms with E-state index in [1.54, 1.807) is 18.0 Å². The number of rotatable bonds is 5. The molecule has 0 bridgehead atoms. The zero-order chi connectivity index (χ0) is 13.8. The summed E-state index contributed by atoms with van der Waals surface area (Å²) < 4.78 is 7.82. The predicted octanol–water partition coefficient (Wildman–Crippen LogP) is 2.87. The lowest BCUT2D eigenvalue weighted by Crippen LogP contribution is -2.13. The molecule has 0 aliphatic heterocycles. The molecule has 1 aromatic carbocycles. The van der Waals surface area contributed by atoms with Crippen LogP contribution in [0.5, 0.6) is 0 Å². The summed E-state index contributed by atoms with van der Waals surface area (Å²) >= 11 is 8.34. The van der Waals surface area contributed by atoms with Crippen LogP contribution < -0.4 is 0 Å². The van der Waals surface area contributed by atoms with Crippen molar-refractivity contribution < 1.29 is 9.84 Å². The molecule has 1 atom stereocenters. The molecule has 0 fully saturated rings. The fourth-order valence-electron chi connectivity index (χ4n) is 1.80. The molecule has 0 spiro atoms. The van der Waals surface area contributed by atoms with Crippen molar-refractivity contribution in [2.45, 2.75) is 12.6 Å². The molecule has 2 rings (SSSR count). The summed E-state index contributed by atoms with van der Waals surface area (Å²) in [5.41, 5.74) is 1.39. The molecule has 6 heteroatoms. The van der Waals surface area contributed by atoms with E-state index in [0.717, 1.165) is 9.13 Å². The Kier molecular flexibility index (Phi) is 5.20. The second-order valence-electron chi connectivity index (χ2n) is 4.05. The summed E-state index contributed by atoms with van der Waals surface area (Å²) in [5, 5.41) is 15.1. The van der Waals surface area contributed by atoms with Gasteiger partial charge in [-0.2, -0.15) is 5.10 Å². The first kappa shape index (κ1) is 14.8. The van der Waals surface area contributed by atoms with Gasteiger partial charge < -0.3 is 9.84 Å². The monoisotopic (exact) mass is 392 g/mol. The minimum Gasteiger partial charge on any atom is -0.383 e. The van der Waals surface area contributed by atoms with Gasteiger partial charge in [-0.05, 0) is 40.3 Å². The van der Waals surface area contributed by atoms with Crippen LogP contribution in [0.3, 0.4) is 0 Å². The number of halogens is 2. The summed E-state index contributed by atoms with van der Waals surface area (Å²) in [7, 11) is 1.63. The van der Waals surface area contributed by atoms with Crippen molar-refractivity contribution in [3.05, 3.63) is 50.3 Å². The fraction of sp³-hybridized carbons (Fsp3) is 0.308. The number of aliphatic hydroxyl groups is 1. The summed E-state index contributed by atoms with van der Waals surface area (Å²) in [6.07, 6.45) is 0.756. The van der Waals surface area contributed by atoms with Gasteiger partial charge in [0.1, 0.15) is 6.10 Å². The standard InChI is InChI=1S/C13H14ClIN2O2/c1-19-7-6-17-12(11(14)8-16-17)13(18)9-2-4-10(15)5-3-9/h2-5,8,13,18H,6-7H2,1H3. The molecule has 1 N–H and O–H groups in total. The lowest BCUT2D eigenvalue weighted by molar-refractivity contribution is 0.171. The number of ether oxygens (including phenoxy) is 1. The smallest absolute Gasteiger partial charge is 0.122 e. The Morgan fingerprint density at radius 3 is 2.74 bits per heavy atom. The normalized spacial score (nSPS) is 12.6. The Bertz CT molecular complexity index is 542. The van der Waals surface area contributed by atoms with E-state index in [1.807, 2.05) is 24.3 Å². The van der Waals surface area contributed by atoms with Gasteiger partial charge in [0, 0.05) is 10.7 Å². The molecule has 0 saturated carbocycles. The first-order valence-electron chi connectivity index (χ1n) is 5.77. The maximum atomic E-state index is 10.4. The van der Waals surface area contributed by atoms with Crippen LogP contribution >= 0.6 is 34.2 Å². The van der Waals surface area contributed by atoms with Crippen LogP contribution in [0, 0.1) is 3.57 Å². The SMILES string of the molecule is COCCn1ncc(Cl)c1C(O)c1ccc(I)cc1. The highest BCUT2D eigenvalue weighted by Gasteiger charge is 2.19. The van der Waals surface area contributed by atoms with Crippen LogP contribution in [0.15, 0.2) is 30.5 Å². The Morgan fingerprint density at radius 2 is 2.11 bits per heavy atom. The molecule has 0 aliphatic carbocycles. The van der Waals surface area contributed by atoms with Crippen molar-refractivity contribution in [2.24, 2.45) is 0 Å². The number of benzene rings is 1. The van der Waals surface area contributed by atoms with Gasteiger partial charge in [-0.3, -0.25) is 4.68 Å². The molecule has 19 heavy (non-hydrogen) atoms. The van der Waals surface area contributed by atoms with E-state index in [1.165, 1.54) is 0 Å². The Morgan fingerprint density at radius 1 is 1.42 bits per heavy atom. The molecule has 0 amide bonds.